The van der Waals surface area contributed by atoms with Crippen molar-refractivity contribution >= 4 is 11.9 Å². The van der Waals surface area contributed by atoms with Crippen LogP contribution in [-0.4, -0.2) is 23.5 Å². The number of amides is 1. The number of carbonyl (C=O) groups is 2. The molecule has 0 bridgehead atoms. The van der Waals surface area contributed by atoms with E-state index >= 15 is 0 Å². The molecule has 4 nitrogen and oxygen atoms in total. The van der Waals surface area contributed by atoms with Crippen LogP contribution in [0.3, 0.4) is 0 Å². The summed E-state index contributed by atoms with van der Waals surface area (Å²) >= 11 is 0. The van der Waals surface area contributed by atoms with E-state index in [0.29, 0.717) is 19.4 Å². The Morgan fingerprint density at radius 2 is 1.78 bits per heavy atom. The summed E-state index contributed by atoms with van der Waals surface area (Å²) in [4.78, 5) is 23.7. The van der Waals surface area contributed by atoms with Gasteiger partial charge in [-0.15, -0.1) is 0 Å². The number of carbonyl (C=O) groups excluding carboxylic acids is 1. The normalized spacial score (nSPS) is 16.4. The van der Waals surface area contributed by atoms with Gasteiger partial charge in [0.25, 0.3) is 0 Å². The summed E-state index contributed by atoms with van der Waals surface area (Å²) in [5.41, 5.74) is 0.312. The van der Waals surface area contributed by atoms with Gasteiger partial charge in [-0.25, -0.2) is 0 Å². The van der Waals surface area contributed by atoms with Gasteiger partial charge in [-0.1, -0.05) is 50.6 Å². The van der Waals surface area contributed by atoms with E-state index in [-0.39, 0.29) is 17.7 Å². The first kappa shape index (κ1) is 17.5. The number of carboxylic acids is 1. The van der Waals surface area contributed by atoms with E-state index in [1.54, 1.807) is 0 Å². The molecule has 0 aromatic heterocycles. The number of hydrogen-bond acceptors (Lipinski definition) is 2. The smallest absolute Gasteiger partial charge is 0.310 e. The molecule has 0 heterocycles. The molecule has 1 fully saturated rings. The predicted molar refractivity (Wildman–Crippen MR) is 90.2 cm³/mol. The fourth-order valence-corrected chi connectivity index (χ4v) is 3.51. The van der Waals surface area contributed by atoms with Crippen LogP contribution in [-0.2, 0) is 15.0 Å². The Hall–Kier alpha value is -1.84. The van der Waals surface area contributed by atoms with Crippen molar-refractivity contribution in [3.8, 4) is 0 Å². The summed E-state index contributed by atoms with van der Waals surface area (Å²) < 4.78 is 0. The number of benzene rings is 1. The molecule has 0 atom stereocenters. The standard InChI is InChI=1S/C19H27NO3/c1-3-18(4-2,15-9-6-5-7-10-15)14-20-16(21)13-19(17(22)23)11-8-12-19/h5-7,9-10H,3-4,8,11-14H2,1-2H3,(H,20,21)(H,22,23). The largest absolute Gasteiger partial charge is 0.481 e. The quantitative estimate of drug-likeness (QED) is 0.771. The first-order valence-electron chi connectivity index (χ1n) is 8.54. The molecule has 4 heteroatoms. The zero-order valence-electron chi connectivity index (χ0n) is 14.1. The van der Waals surface area contributed by atoms with E-state index in [0.717, 1.165) is 19.3 Å². The number of nitrogens with one attached hydrogen (secondary N) is 1. The van der Waals surface area contributed by atoms with E-state index < -0.39 is 11.4 Å². The summed E-state index contributed by atoms with van der Waals surface area (Å²) in [6.45, 7) is 4.82. The van der Waals surface area contributed by atoms with Gasteiger partial charge in [-0.05, 0) is 31.2 Å². The molecular weight excluding hydrogens is 290 g/mol. The van der Waals surface area contributed by atoms with E-state index in [2.05, 4.69) is 31.3 Å². The maximum atomic E-state index is 12.3. The highest BCUT2D eigenvalue weighted by Gasteiger charge is 2.46. The molecule has 1 aliphatic rings. The average Bonchev–Trinajstić information content (AvgIpc) is 2.53. The van der Waals surface area contributed by atoms with Crippen LogP contribution in [0.15, 0.2) is 30.3 Å². The minimum absolute atomic E-state index is 0.0904. The second-order valence-electron chi connectivity index (χ2n) is 6.75. The highest BCUT2D eigenvalue weighted by Crippen LogP contribution is 2.44. The molecule has 0 unspecified atom stereocenters. The summed E-state index contributed by atoms with van der Waals surface area (Å²) in [6, 6.07) is 10.2. The number of rotatable bonds is 8. The second kappa shape index (κ2) is 7.16. The Bertz CT molecular complexity index is 545. The molecule has 126 valence electrons. The Labute approximate surface area is 138 Å². The van der Waals surface area contributed by atoms with Crippen molar-refractivity contribution in [2.75, 3.05) is 6.54 Å². The summed E-state index contributed by atoms with van der Waals surface area (Å²) in [5, 5.41) is 12.4. The molecule has 23 heavy (non-hydrogen) atoms. The lowest BCUT2D eigenvalue weighted by Crippen LogP contribution is -2.45. The van der Waals surface area contributed by atoms with Crippen molar-refractivity contribution < 1.29 is 14.7 Å². The number of hydrogen-bond donors (Lipinski definition) is 2. The molecular formula is C19H27NO3. The third kappa shape index (κ3) is 3.57. The summed E-state index contributed by atoms with van der Waals surface area (Å²) in [5.74, 6) is -0.978. The first-order chi connectivity index (χ1) is 11.0. The Morgan fingerprint density at radius 1 is 1.17 bits per heavy atom. The third-order valence-corrected chi connectivity index (χ3v) is 5.63. The lowest BCUT2D eigenvalue weighted by Gasteiger charge is -2.38. The van der Waals surface area contributed by atoms with E-state index in [9.17, 15) is 14.7 Å². The lowest BCUT2D eigenvalue weighted by atomic mass is 9.66. The zero-order valence-corrected chi connectivity index (χ0v) is 14.1. The van der Waals surface area contributed by atoms with Crippen molar-refractivity contribution in [2.45, 2.75) is 57.8 Å². The van der Waals surface area contributed by atoms with E-state index in [4.69, 9.17) is 0 Å². The maximum absolute atomic E-state index is 12.3. The molecule has 0 saturated heterocycles. The third-order valence-electron chi connectivity index (χ3n) is 5.63. The van der Waals surface area contributed by atoms with Gasteiger partial charge in [-0.2, -0.15) is 0 Å². The minimum atomic E-state index is -0.834. The van der Waals surface area contributed by atoms with Gasteiger partial charge in [0.2, 0.25) is 5.91 Å². The second-order valence-corrected chi connectivity index (χ2v) is 6.75. The van der Waals surface area contributed by atoms with Gasteiger partial charge in [0, 0.05) is 18.4 Å². The maximum Gasteiger partial charge on any atom is 0.310 e. The molecule has 1 aliphatic carbocycles. The van der Waals surface area contributed by atoms with Crippen LogP contribution in [0.2, 0.25) is 0 Å². The molecule has 2 N–H and O–H groups in total. The van der Waals surface area contributed by atoms with Gasteiger partial charge in [-0.3, -0.25) is 9.59 Å². The highest BCUT2D eigenvalue weighted by atomic mass is 16.4. The fourth-order valence-electron chi connectivity index (χ4n) is 3.51. The van der Waals surface area contributed by atoms with Crippen LogP contribution in [0.4, 0.5) is 0 Å². The molecule has 1 aromatic carbocycles. The SMILES string of the molecule is CCC(CC)(CNC(=O)CC1(C(=O)O)CCC1)c1ccccc1. The van der Waals surface area contributed by atoms with Crippen molar-refractivity contribution in [1.82, 2.24) is 5.32 Å². The molecule has 2 rings (SSSR count). The van der Waals surface area contributed by atoms with Gasteiger partial charge in [0.1, 0.15) is 0 Å². The monoisotopic (exact) mass is 317 g/mol. The van der Waals surface area contributed by atoms with Crippen molar-refractivity contribution in [2.24, 2.45) is 5.41 Å². The number of carboxylic acid groups (broad SMARTS) is 1. The van der Waals surface area contributed by atoms with Gasteiger partial charge in [0.05, 0.1) is 5.41 Å². The van der Waals surface area contributed by atoms with Crippen LogP contribution in [0.1, 0.15) is 57.9 Å². The Morgan fingerprint density at radius 3 is 2.22 bits per heavy atom. The molecule has 0 radical (unpaired) electrons. The number of aliphatic carboxylic acids is 1. The van der Waals surface area contributed by atoms with Gasteiger partial charge < -0.3 is 10.4 Å². The van der Waals surface area contributed by atoms with E-state index in [1.165, 1.54) is 5.56 Å². The van der Waals surface area contributed by atoms with Gasteiger partial charge >= 0.3 is 5.97 Å². The molecule has 1 aromatic rings. The van der Waals surface area contributed by atoms with Crippen LogP contribution in [0.25, 0.3) is 0 Å². The van der Waals surface area contributed by atoms with E-state index in [1.807, 2.05) is 18.2 Å². The van der Waals surface area contributed by atoms with Crippen LogP contribution < -0.4 is 5.32 Å². The summed E-state index contributed by atoms with van der Waals surface area (Å²) in [6.07, 6.45) is 4.08. The Balaban J connectivity index is 2.02. The lowest BCUT2D eigenvalue weighted by molar-refractivity contribution is -0.157. The molecule has 0 aliphatic heterocycles. The first-order valence-corrected chi connectivity index (χ1v) is 8.54. The van der Waals surface area contributed by atoms with Gasteiger partial charge in [0.15, 0.2) is 0 Å². The van der Waals surface area contributed by atoms with Crippen LogP contribution in [0.5, 0.6) is 0 Å². The average molecular weight is 317 g/mol. The molecule has 1 amide bonds. The summed E-state index contributed by atoms with van der Waals surface area (Å²) in [7, 11) is 0. The predicted octanol–water partition coefficient (Wildman–Crippen LogP) is 3.51. The van der Waals surface area contributed by atoms with Crippen molar-refractivity contribution in [3.05, 3.63) is 35.9 Å². The topological polar surface area (TPSA) is 66.4 Å². The minimum Gasteiger partial charge on any atom is -0.481 e. The fraction of sp³-hybridized carbons (Fsp3) is 0.579. The van der Waals surface area contributed by atoms with Crippen LogP contribution in [0, 0.1) is 5.41 Å². The molecule has 1 saturated carbocycles. The van der Waals surface area contributed by atoms with Crippen molar-refractivity contribution in [3.63, 3.8) is 0 Å². The zero-order chi connectivity index (χ0) is 16.9. The Kier molecular flexibility index (Phi) is 5.45. The van der Waals surface area contributed by atoms with Crippen molar-refractivity contribution in [1.29, 1.82) is 0 Å². The molecule has 0 spiro atoms. The van der Waals surface area contributed by atoms with Crippen LogP contribution >= 0.6 is 0 Å². The highest BCUT2D eigenvalue weighted by molar-refractivity contribution is 5.85.